The lowest BCUT2D eigenvalue weighted by molar-refractivity contribution is -0.140. The maximum absolute atomic E-state index is 14.3. The van der Waals surface area contributed by atoms with Gasteiger partial charge in [-0.15, -0.1) is 11.3 Å². The van der Waals surface area contributed by atoms with Crippen molar-refractivity contribution in [1.82, 2.24) is 29.5 Å². The number of rotatable bonds is 8. The van der Waals surface area contributed by atoms with Gasteiger partial charge in [0.1, 0.15) is 28.2 Å². The van der Waals surface area contributed by atoms with E-state index in [1.807, 2.05) is 34.9 Å². The van der Waals surface area contributed by atoms with E-state index < -0.39 is 50.3 Å². The van der Waals surface area contributed by atoms with Crippen LogP contribution in [-0.2, 0) is 24.4 Å². The van der Waals surface area contributed by atoms with Gasteiger partial charge in [-0.1, -0.05) is 37.5 Å². The smallest absolute Gasteiger partial charge is 0.297 e. The van der Waals surface area contributed by atoms with E-state index in [-0.39, 0.29) is 37.3 Å². The summed E-state index contributed by atoms with van der Waals surface area (Å²) in [5.41, 5.74) is 8.77. The van der Waals surface area contributed by atoms with Crippen molar-refractivity contribution >= 4 is 50.1 Å². The largest absolute Gasteiger partial charge is 0.459 e. The second kappa shape index (κ2) is 14.0. The number of nitrogens with zero attached hydrogens (tertiary/aromatic N) is 4. The minimum Gasteiger partial charge on any atom is -0.459 e. The van der Waals surface area contributed by atoms with Crippen LogP contribution in [0.3, 0.4) is 0 Å². The normalized spacial score (nSPS) is 29.4. The number of aromatic nitrogens is 3. The van der Waals surface area contributed by atoms with Crippen molar-refractivity contribution in [2.45, 2.75) is 138 Å². The Bertz CT molecular complexity index is 2100. The third-order valence-corrected chi connectivity index (χ3v) is 15.3. The van der Waals surface area contributed by atoms with Gasteiger partial charge in [0.2, 0.25) is 21.8 Å². The molecule has 3 saturated carbocycles. The highest BCUT2D eigenvalue weighted by atomic mass is 32.2. The van der Waals surface area contributed by atoms with Gasteiger partial charge in [0, 0.05) is 35.2 Å². The summed E-state index contributed by atoms with van der Waals surface area (Å²) < 4.78 is 36.2. The van der Waals surface area contributed by atoms with Gasteiger partial charge < -0.3 is 20.7 Å². The molecule has 15 heteroatoms. The number of ether oxygens (including phenoxy) is 1. The van der Waals surface area contributed by atoms with Crippen molar-refractivity contribution in [3.8, 4) is 16.6 Å². The van der Waals surface area contributed by atoms with Gasteiger partial charge in [0.15, 0.2) is 0 Å². The van der Waals surface area contributed by atoms with Crippen LogP contribution in [0.25, 0.3) is 21.6 Å². The first-order valence-corrected chi connectivity index (χ1v) is 21.9. The summed E-state index contributed by atoms with van der Waals surface area (Å²) in [6.45, 7) is 5.83. The number of allylic oxidation sites excluding steroid dienone is 1. The van der Waals surface area contributed by atoms with E-state index in [4.69, 9.17) is 20.4 Å². The number of hydrogen-bond acceptors (Lipinski definition) is 10. The Morgan fingerprint density at radius 1 is 1.11 bits per heavy atom. The molecule has 3 amide bonds. The van der Waals surface area contributed by atoms with Gasteiger partial charge in [-0.25, -0.2) is 13.4 Å². The number of nitrogens with one attached hydrogen (secondary N) is 2. The molecule has 54 heavy (non-hydrogen) atoms. The predicted molar refractivity (Wildman–Crippen MR) is 206 cm³/mol. The molecule has 0 spiro atoms. The molecule has 4 fully saturated rings. The first kappa shape index (κ1) is 37.1. The number of amides is 3. The number of nitrogens with two attached hydrogens (primary N) is 1. The van der Waals surface area contributed by atoms with Gasteiger partial charge in [0.25, 0.3) is 11.9 Å². The molecule has 2 aromatic heterocycles. The van der Waals surface area contributed by atoms with E-state index in [9.17, 15) is 22.8 Å². The van der Waals surface area contributed by atoms with Crippen molar-refractivity contribution in [1.29, 1.82) is 0 Å². The fourth-order valence-corrected chi connectivity index (χ4v) is 10.4. The Balaban J connectivity index is 1.08. The van der Waals surface area contributed by atoms with Gasteiger partial charge in [0.05, 0.1) is 28.5 Å². The summed E-state index contributed by atoms with van der Waals surface area (Å²) in [4.78, 5) is 53.6. The summed E-state index contributed by atoms with van der Waals surface area (Å²) in [7, 11) is -3.94. The van der Waals surface area contributed by atoms with Crippen LogP contribution in [0.4, 0.5) is 0 Å². The van der Waals surface area contributed by atoms with E-state index in [0.29, 0.717) is 31.2 Å². The van der Waals surface area contributed by atoms with E-state index in [0.717, 1.165) is 53.0 Å². The zero-order chi connectivity index (χ0) is 38.0. The van der Waals surface area contributed by atoms with Crippen LogP contribution < -0.4 is 20.5 Å². The molecule has 0 bridgehead atoms. The summed E-state index contributed by atoms with van der Waals surface area (Å²) in [5, 5.41) is 6.00. The average Bonchev–Trinajstić information content (AvgIpc) is 3.79. The molecular weight excluding hydrogens is 727 g/mol. The average molecular weight is 778 g/mol. The number of hydrogen-bond donors (Lipinski definition) is 3. The summed E-state index contributed by atoms with van der Waals surface area (Å²) in [6, 6.07) is 4.63. The number of imidazole rings is 1. The lowest BCUT2D eigenvalue weighted by Gasteiger charge is -2.28. The maximum Gasteiger partial charge on any atom is 0.297 e. The van der Waals surface area contributed by atoms with Gasteiger partial charge in [-0.2, -0.15) is 4.98 Å². The number of fused-ring (bicyclic) bond motifs is 3. The van der Waals surface area contributed by atoms with Crippen LogP contribution in [-0.4, -0.2) is 80.6 Å². The molecule has 1 aromatic carbocycles. The fraction of sp³-hybridized carbons (Fsp3) is 0.615. The molecular formula is C39H51N7O6S2. The molecule has 2 aliphatic heterocycles. The number of benzene rings is 1. The lowest BCUT2D eigenvalue weighted by atomic mass is 9.83. The molecule has 1 saturated heterocycles. The van der Waals surface area contributed by atoms with Crippen LogP contribution in [0.1, 0.15) is 115 Å². The number of carbonyl (C=O) groups is 3. The Morgan fingerprint density at radius 3 is 2.63 bits per heavy atom. The standard InChI is InChI=1S/C39H51N7O6S2/c1-23(2)46-30-16-10-14-27(34-41-29(22-53-34)24-11-9-12-24)32(30)42-37(46)52-26-19-31-33(47)43-39(36(49)44-54(50,51)38(3)17-18-38)20-25(39)13-7-5-4-6-8-15-28(40)35(48)45(31)21-26/h7,10,13-14,16,22-26,28,31H,4-6,8-9,11-12,15,17-21,40H2,1-3H3,(H,43,47)(H,44,49)/b13-7-/t25-,26-,28+,31+,39-/m1/s1. The van der Waals surface area contributed by atoms with Gasteiger partial charge >= 0.3 is 0 Å². The minimum atomic E-state index is -3.94. The third kappa shape index (κ3) is 6.74. The number of para-hydroxylation sites is 1. The minimum absolute atomic E-state index is 0.0142. The van der Waals surface area contributed by atoms with E-state index >= 15 is 0 Å². The number of carbonyl (C=O) groups excluding carboxylic acids is 3. The quantitative estimate of drug-likeness (QED) is 0.263. The van der Waals surface area contributed by atoms with Crippen molar-refractivity contribution in [2.75, 3.05) is 6.54 Å². The molecule has 290 valence electrons. The second-order valence-electron chi connectivity index (χ2n) is 16.5. The molecule has 4 heterocycles. The maximum atomic E-state index is 14.3. The highest BCUT2D eigenvalue weighted by Gasteiger charge is 2.63. The molecule has 5 atom stereocenters. The first-order chi connectivity index (χ1) is 25.8. The Kier molecular flexibility index (Phi) is 9.65. The Hall–Kier alpha value is -3.82. The zero-order valence-corrected chi connectivity index (χ0v) is 32.9. The van der Waals surface area contributed by atoms with Crippen LogP contribution >= 0.6 is 11.3 Å². The molecule has 3 aliphatic carbocycles. The second-order valence-corrected chi connectivity index (χ2v) is 19.6. The molecule has 0 radical (unpaired) electrons. The molecule has 13 nitrogen and oxygen atoms in total. The predicted octanol–water partition coefficient (Wildman–Crippen LogP) is 5.08. The molecule has 4 N–H and O–H groups in total. The number of sulfonamides is 1. The summed E-state index contributed by atoms with van der Waals surface area (Å²) in [6.07, 6.45) is 12.0. The lowest BCUT2D eigenvalue weighted by Crippen LogP contribution is -2.58. The van der Waals surface area contributed by atoms with Crippen LogP contribution in [0.2, 0.25) is 0 Å². The van der Waals surface area contributed by atoms with Crippen LogP contribution in [0, 0.1) is 5.92 Å². The van der Waals surface area contributed by atoms with Crippen LogP contribution in [0.5, 0.6) is 6.01 Å². The van der Waals surface area contributed by atoms with E-state index in [1.54, 1.807) is 18.3 Å². The van der Waals surface area contributed by atoms with Crippen LogP contribution in [0.15, 0.2) is 35.7 Å². The third-order valence-electron chi connectivity index (χ3n) is 12.3. The topological polar surface area (TPSA) is 179 Å². The van der Waals surface area contributed by atoms with Gasteiger partial charge in [-0.3, -0.25) is 23.7 Å². The zero-order valence-electron chi connectivity index (χ0n) is 31.3. The molecule has 5 aliphatic rings. The Labute approximate surface area is 320 Å². The van der Waals surface area contributed by atoms with E-state index in [2.05, 4.69) is 29.3 Å². The van der Waals surface area contributed by atoms with Gasteiger partial charge in [-0.05, 0) is 84.3 Å². The van der Waals surface area contributed by atoms with Crippen molar-refractivity contribution in [3.63, 3.8) is 0 Å². The number of thiazole rings is 1. The van der Waals surface area contributed by atoms with E-state index in [1.165, 1.54) is 24.2 Å². The monoisotopic (exact) mass is 777 g/mol. The molecule has 8 rings (SSSR count). The van der Waals surface area contributed by atoms with Crippen molar-refractivity contribution in [2.24, 2.45) is 11.7 Å². The highest BCUT2D eigenvalue weighted by Crippen LogP contribution is 2.48. The molecule has 0 unspecified atom stereocenters. The Morgan fingerprint density at radius 2 is 1.91 bits per heavy atom. The highest BCUT2D eigenvalue weighted by molar-refractivity contribution is 7.91. The first-order valence-electron chi connectivity index (χ1n) is 19.6. The summed E-state index contributed by atoms with van der Waals surface area (Å²) >= 11 is 1.62. The van der Waals surface area contributed by atoms with Crippen molar-refractivity contribution in [3.05, 3.63) is 41.4 Å². The fourth-order valence-electron chi connectivity index (χ4n) is 8.14. The van der Waals surface area contributed by atoms with Crippen molar-refractivity contribution < 1.29 is 27.5 Å². The molecule has 3 aromatic rings. The summed E-state index contributed by atoms with van der Waals surface area (Å²) in [5.74, 6) is -1.49. The SMILES string of the molecule is CC(C)n1c(O[C@@H]2C[C@H]3C(=O)N[C@]4(C(=O)NS(=O)(=O)C5(C)CC5)C[C@H]4/C=C\CCCCC[C@H](N)C(=O)N3C2)nc2c(-c3nc(C4CCC4)cs3)cccc21.